The van der Waals surface area contributed by atoms with Crippen LogP contribution in [0.1, 0.15) is 20.3 Å². The molecule has 11 heteroatoms. The molecule has 188 valence electrons. The van der Waals surface area contributed by atoms with Crippen molar-refractivity contribution in [2.24, 2.45) is 5.92 Å². The highest BCUT2D eigenvalue weighted by atomic mass is 32.1. The molecular formula is C25H25F2N5O3S. The van der Waals surface area contributed by atoms with Crippen LogP contribution in [0.25, 0.3) is 20.8 Å². The van der Waals surface area contributed by atoms with Crippen molar-refractivity contribution in [1.29, 1.82) is 0 Å². The van der Waals surface area contributed by atoms with E-state index >= 15 is 0 Å². The Morgan fingerprint density at radius 2 is 1.75 bits per heavy atom. The maximum Gasteiger partial charge on any atom is 0.229 e. The van der Waals surface area contributed by atoms with E-state index in [2.05, 4.69) is 25.6 Å². The highest BCUT2D eigenvalue weighted by Gasteiger charge is 2.47. The average Bonchev–Trinajstić information content (AvgIpc) is 3.35. The summed E-state index contributed by atoms with van der Waals surface area (Å²) in [6.45, 7) is 3.18. The fourth-order valence-electron chi connectivity index (χ4n) is 4.51. The number of benzene rings is 2. The molecule has 0 amide bonds. The van der Waals surface area contributed by atoms with E-state index in [4.69, 9.17) is 0 Å². The minimum absolute atomic E-state index is 0.0689. The summed E-state index contributed by atoms with van der Waals surface area (Å²) in [5, 5.41) is 38.3. The van der Waals surface area contributed by atoms with Gasteiger partial charge in [0.15, 0.2) is 0 Å². The second kappa shape index (κ2) is 9.32. The molecule has 36 heavy (non-hydrogen) atoms. The molecule has 4 atom stereocenters. The molecule has 1 aliphatic rings. The number of thiazole rings is 1. The average molecular weight is 514 g/mol. The lowest BCUT2D eigenvalue weighted by atomic mass is 9.88. The van der Waals surface area contributed by atoms with Crippen molar-refractivity contribution in [1.82, 2.24) is 15.0 Å². The van der Waals surface area contributed by atoms with E-state index in [1.165, 1.54) is 17.5 Å². The van der Waals surface area contributed by atoms with Crippen LogP contribution in [-0.2, 0) is 0 Å². The number of hydrogen-bond acceptors (Lipinski definition) is 9. The maximum atomic E-state index is 13.7. The largest absolute Gasteiger partial charge is 0.390 e. The molecule has 5 N–H and O–H groups in total. The third-order valence-electron chi connectivity index (χ3n) is 6.34. The minimum Gasteiger partial charge on any atom is -0.390 e. The molecule has 5 rings (SSSR count). The lowest BCUT2D eigenvalue weighted by molar-refractivity contribution is -0.0601. The van der Waals surface area contributed by atoms with Crippen LogP contribution in [0.5, 0.6) is 0 Å². The van der Waals surface area contributed by atoms with Crippen LogP contribution in [-0.4, -0.2) is 54.1 Å². The summed E-state index contributed by atoms with van der Waals surface area (Å²) in [4.78, 5) is 13.5. The van der Waals surface area contributed by atoms with Gasteiger partial charge in [-0.2, -0.15) is 4.98 Å². The first-order chi connectivity index (χ1) is 17.1. The Labute approximate surface area is 209 Å². The molecule has 1 saturated carbocycles. The number of halogens is 2. The predicted octanol–water partition coefficient (Wildman–Crippen LogP) is 4.07. The molecule has 2 aromatic heterocycles. The maximum absolute atomic E-state index is 13.7. The van der Waals surface area contributed by atoms with E-state index in [0.717, 1.165) is 28.4 Å². The molecule has 0 radical (unpaired) electrons. The predicted molar refractivity (Wildman–Crippen MR) is 134 cm³/mol. The Morgan fingerprint density at radius 3 is 2.42 bits per heavy atom. The normalized spacial score (nSPS) is 22.2. The van der Waals surface area contributed by atoms with Gasteiger partial charge in [0.2, 0.25) is 5.95 Å². The number of aliphatic hydroxyl groups excluding tert-OH is 2. The van der Waals surface area contributed by atoms with Gasteiger partial charge in [0.05, 0.1) is 33.5 Å². The monoisotopic (exact) mass is 513 g/mol. The minimum atomic E-state index is -1.20. The Balaban J connectivity index is 1.52. The van der Waals surface area contributed by atoms with Gasteiger partial charge >= 0.3 is 0 Å². The van der Waals surface area contributed by atoms with Gasteiger partial charge in [-0.1, -0.05) is 12.1 Å². The molecule has 0 unspecified atom stereocenters. The third kappa shape index (κ3) is 4.87. The Kier molecular flexibility index (Phi) is 6.33. The fourth-order valence-corrected chi connectivity index (χ4v) is 5.48. The first-order valence-electron chi connectivity index (χ1n) is 11.4. The summed E-state index contributed by atoms with van der Waals surface area (Å²) in [6, 6.07) is 10.0. The lowest BCUT2D eigenvalue weighted by Crippen LogP contribution is -2.40. The second-order valence-corrected chi connectivity index (χ2v) is 10.5. The van der Waals surface area contributed by atoms with E-state index < -0.39 is 41.4 Å². The third-order valence-corrected chi connectivity index (χ3v) is 7.41. The van der Waals surface area contributed by atoms with E-state index in [1.807, 2.05) is 24.3 Å². The van der Waals surface area contributed by atoms with Gasteiger partial charge in [-0.15, -0.1) is 11.3 Å². The highest BCUT2D eigenvalue weighted by molar-refractivity contribution is 7.21. The van der Waals surface area contributed by atoms with Crippen LogP contribution >= 0.6 is 11.3 Å². The van der Waals surface area contributed by atoms with E-state index in [-0.39, 0.29) is 18.1 Å². The van der Waals surface area contributed by atoms with E-state index in [9.17, 15) is 24.1 Å². The van der Waals surface area contributed by atoms with E-state index in [0.29, 0.717) is 16.4 Å². The van der Waals surface area contributed by atoms with Crippen molar-refractivity contribution < 1.29 is 24.1 Å². The zero-order valence-electron chi connectivity index (χ0n) is 19.5. The Bertz CT molecular complexity index is 1360. The van der Waals surface area contributed by atoms with Crippen molar-refractivity contribution in [3.63, 3.8) is 0 Å². The summed E-state index contributed by atoms with van der Waals surface area (Å²) in [7, 11) is 0. The zero-order chi connectivity index (χ0) is 25.6. The Hall–Kier alpha value is -3.25. The molecule has 1 fully saturated rings. The summed E-state index contributed by atoms with van der Waals surface area (Å²) in [5.41, 5.74) is 0.288. The SMILES string of the molecule is CC(C)(O)[C@@H]1C[C@@H](Nc2nc(Nc3cc(F)cc(F)c3)ncc2-c2nc3ccccc3s2)[C@H](O)[C@@H]1O. The molecule has 2 aromatic carbocycles. The molecular weight excluding hydrogens is 488 g/mol. The van der Waals surface area contributed by atoms with Gasteiger partial charge in [0.25, 0.3) is 0 Å². The van der Waals surface area contributed by atoms with Gasteiger partial charge in [-0.3, -0.25) is 0 Å². The van der Waals surface area contributed by atoms with Gasteiger partial charge in [0.1, 0.15) is 28.6 Å². The van der Waals surface area contributed by atoms with Gasteiger partial charge in [-0.25, -0.2) is 18.7 Å². The molecule has 8 nitrogen and oxygen atoms in total. The van der Waals surface area contributed by atoms with Crippen molar-refractivity contribution >= 4 is 39.0 Å². The quantitative estimate of drug-likeness (QED) is 0.262. The van der Waals surface area contributed by atoms with Crippen LogP contribution in [0, 0.1) is 17.6 Å². The molecule has 1 aliphatic carbocycles. The van der Waals surface area contributed by atoms with Gasteiger partial charge < -0.3 is 26.0 Å². The van der Waals surface area contributed by atoms with Crippen LogP contribution in [0.15, 0.2) is 48.7 Å². The van der Waals surface area contributed by atoms with Crippen LogP contribution in [0.3, 0.4) is 0 Å². The standard InChI is InChI=1S/C25H25F2N5O3S/c1-25(2,35)16-10-18(21(34)20(16)33)30-22-15(23-31-17-5-3-4-6-19(17)36-23)11-28-24(32-22)29-14-8-12(26)7-13(27)9-14/h3-9,11,16,18,20-21,33-35H,10H2,1-2H3,(H2,28,29,30,32)/t16-,18-,20-,21+/m1/s1. The molecule has 0 spiro atoms. The van der Waals surface area contributed by atoms with Crippen molar-refractivity contribution in [3.05, 3.63) is 60.3 Å². The molecule has 4 aromatic rings. The number of aromatic nitrogens is 3. The molecule has 2 heterocycles. The van der Waals surface area contributed by atoms with Crippen molar-refractivity contribution in [2.45, 2.75) is 44.1 Å². The van der Waals surface area contributed by atoms with Crippen molar-refractivity contribution in [2.75, 3.05) is 10.6 Å². The topological polar surface area (TPSA) is 123 Å². The Morgan fingerprint density at radius 1 is 1.03 bits per heavy atom. The molecule has 0 saturated heterocycles. The summed E-state index contributed by atoms with van der Waals surface area (Å²) >= 11 is 1.44. The highest BCUT2D eigenvalue weighted by Crippen LogP contribution is 2.39. The molecule has 0 aliphatic heterocycles. The smallest absolute Gasteiger partial charge is 0.229 e. The summed E-state index contributed by atoms with van der Waals surface area (Å²) < 4.78 is 28.3. The summed E-state index contributed by atoms with van der Waals surface area (Å²) in [5.74, 6) is -1.67. The molecule has 0 bridgehead atoms. The summed E-state index contributed by atoms with van der Waals surface area (Å²) in [6.07, 6.45) is -0.472. The number of hydrogen-bond donors (Lipinski definition) is 5. The first kappa shape index (κ1) is 24.4. The number of anilines is 3. The number of para-hydroxylation sites is 1. The van der Waals surface area contributed by atoms with Gasteiger partial charge in [0, 0.05) is 23.9 Å². The number of fused-ring (bicyclic) bond motifs is 1. The number of aliphatic hydroxyl groups is 3. The number of rotatable bonds is 6. The van der Waals surface area contributed by atoms with Crippen molar-refractivity contribution in [3.8, 4) is 10.6 Å². The van der Waals surface area contributed by atoms with Crippen LogP contribution in [0.4, 0.5) is 26.2 Å². The zero-order valence-corrected chi connectivity index (χ0v) is 20.3. The van der Waals surface area contributed by atoms with Gasteiger partial charge in [-0.05, 0) is 44.5 Å². The van der Waals surface area contributed by atoms with Crippen LogP contribution in [0.2, 0.25) is 0 Å². The van der Waals surface area contributed by atoms with Crippen LogP contribution < -0.4 is 10.6 Å². The van der Waals surface area contributed by atoms with E-state index in [1.54, 1.807) is 13.8 Å². The number of nitrogens with one attached hydrogen (secondary N) is 2. The lowest BCUT2D eigenvalue weighted by Gasteiger charge is -2.28. The second-order valence-electron chi connectivity index (χ2n) is 9.45. The first-order valence-corrected chi connectivity index (χ1v) is 12.2. The number of nitrogens with zero attached hydrogens (tertiary/aromatic N) is 3. The fraction of sp³-hybridized carbons (Fsp3) is 0.320.